The normalized spacial score (nSPS) is 13.7. The maximum atomic E-state index is 11.5. The Morgan fingerprint density at radius 2 is 2.00 bits per heavy atom. The predicted octanol–water partition coefficient (Wildman–Crippen LogP) is 1.63. The molecule has 0 aliphatic rings. The molecule has 1 amide bonds. The Morgan fingerprint density at radius 3 is 2.55 bits per heavy atom. The smallest absolute Gasteiger partial charge is 0.236 e. The quantitative estimate of drug-likeness (QED) is 0.797. The average molecular weight is 280 g/mol. The van der Waals surface area contributed by atoms with Crippen molar-refractivity contribution in [3.8, 4) is 5.75 Å². The Hall–Kier alpha value is -1.59. The van der Waals surface area contributed by atoms with Gasteiger partial charge >= 0.3 is 0 Å². The monoisotopic (exact) mass is 280 g/mol. The minimum atomic E-state index is -0.247. The zero-order chi connectivity index (χ0) is 15.1. The van der Waals surface area contributed by atoms with Crippen LogP contribution in [0, 0.1) is 0 Å². The van der Waals surface area contributed by atoms with Gasteiger partial charge in [0.2, 0.25) is 5.91 Å². The third-order valence-corrected chi connectivity index (χ3v) is 3.24. The fourth-order valence-electron chi connectivity index (χ4n) is 2.10. The topological polar surface area (TPSA) is 59.6 Å². The summed E-state index contributed by atoms with van der Waals surface area (Å²) in [6, 6.07) is 5.77. The van der Waals surface area contributed by atoms with E-state index in [0.29, 0.717) is 6.61 Å². The molecule has 1 aromatic carbocycles. The van der Waals surface area contributed by atoms with E-state index in [-0.39, 0.29) is 18.0 Å². The lowest BCUT2D eigenvalue weighted by molar-refractivity contribution is -0.122. The minimum absolute atomic E-state index is 0.0255. The number of hydrogen-bond acceptors (Lipinski definition) is 4. The molecule has 0 aliphatic carbocycles. The number of hydrogen-bond donors (Lipinski definition) is 2. The molecule has 0 heterocycles. The van der Waals surface area contributed by atoms with Crippen molar-refractivity contribution in [1.82, 2.24) is 10.6 Å². The van der Waals surface area contributed by atoms with Gasteiger partial charge in [0.05, 0.1) is 19.8 Å². The van der Waals surface area contributed by atoms with Gasteiger partial charge < -0.3 is 14.8 Å². The zero-order valence-electron chi connectivity index (χ0n) is 12.8. The summed E-state index contributed by atoms with van der Waals surface area (Å²) in [4.78, 5) is 11.5. The van der Waals surface area contributed by atoms with Crippen LogP contribution in [0.4, 0.5) is 0 Å². The van der Waals surface area contributed by atoms with Gasteiger partial charge in [-0.05, 0) is 31.5 Å². The van der Waals surface area contributed by atoms with Crippen LogP contribution in [0.15, 0.2) is 18.2 Å². The molecule has 0 aliphatic heterocycles. The number of methoxy groups -OCH3 is 2. The van der Waals surface area contributed by atoms with E-state index in [2.05, 4.69) is 10.6 Å². The van der Waals surface area contributed by atoms with Gasteiger partial charge in [-0.1, -0.05) is 6.07 Å². The molecule has 20 heavy (non-hydrogen) atoms. The summed E-state index contributed by atoms with van der Waals surface area (Å²) in [5.41, 5.74) is 2.09. The highest BCUT2D eigenvalue weighted by Gasteiger charge is 2.16. The van der Waals surface area contributed by atoms with E-state index in [4.69, 9.17) is 9.47 Å². The van der Waals surface area contributed by atoms with Crippen LogP contribution in [0.25, 0.3) is 0 Å². The maximum Gasteiger partial charge on any atom is 0.236 e. The lowest BCUT2D eigenvalue weighted by Gasteiger charge is -2.20. The maximum absolute atomic E-state index is 11.5. The van der Waals surface area contributed by atoms with Crippen molar-refractivity contribution in [2.75, 3.05) is 21.3 Å². The fourth-order valence-corrected chi connectivity index (χ4v) is 2.10. The molecule has 2 atom stereocenters. The summed E-state index contributed by atoms with van der Waals surface area (Å²) >= 11 is 0. The molecule has 0 radical (unpaired) electrons. The number of ether oxygens (including phenoxy) is 2. The number of rotatable bonds is 7. The third-order valence-electron chi connectivity index (χ3n) is 3.24. The first-order valence-electron chi connectivity index (χ1n) is 6.66. The summed E-state index contributed by atoms with van der Waals surface area (Å²) in [6.45, 7) is 4.36. The lowest BCUT2D eigenvalue weighted by atomic mass is 10.0. The molecule has 0 bridgehead atoms. The van der Waals surface area contributed by atoms with E-state index in [9.17, 15) is 4.79 Å². The van der Waals surface area contributed by atoms with Gasteiger partial charge in [-0.25, -0.2) is 0 Å². The van der Waals surface area contributed by atoms with Crippen LogP contribution in [0.5, 0.6) is 5.75 Å². The second-order valence-corrected chi connectivity index (χ2v) is 4.73. The molecule has 0 aromatic heterocycles. The van der Waals surface area contributed by atoms with Crippen molar-refractivity contribution >= 4 is 5.91 Å². The summed E-state index contributed by atoms with van der Waals surface area (Å²) in [6.07, 6.45) is 0. The summed E-state index contributed by atoms with van der Waals surface area (Å²) in [5.74, 6) is 0.782. The van der Waals surface area contributed by atoms with Crippen LogP contribution in [0.3, 0.4) is 0 Å². The van der Waals surface area contributed by atoms with Crippen molar-refractivity contribution in [1.29, 1.82) is 0 Å². The summed E-state index contributed by atoms with van der Waals surface area (Å²) in [5, 5.41) is 5.89. The molecule has 5 nitrogen and oxygen atoms in total. The molecule has 1 rings (SSSR count). The molecule has 2 N–H and O–H groups in total. The van der Waals surface area contributed by atoms with Gasteiger partial charge in [0.25, 0.3) is 0 Å². The Labute approximate surface area is 120 Å². The summed E-state index contributed by atoms with van der Waals surface area (Å²) < 4.78 is 10.5. The molecule has 1 aromatic rings. The van der Waals surface area contributed by atoms with Crippen LogP contribution >= 0.6 is 0 Å². The number of carbonyl (C=O) groups excluding carboxylic acids is 1. The molecule has 0 spiro atoms. The van der Waals surface area contributed by atoms with Crippen LogP contribution in [0.1, 0.15) is 31.0 Å². The second-order valence-electron chi connectivity index (χ2n) is 4.73. The minimum Gasteiger partial charge on any atom is -0.496 e. The first-order chi connectivity index (χ1) is 9.53. The average Bonchev–Trinajstić information content (AvgIpc) is 2.46. The second kappa shape index (κ2) is 7.87. The highest BCUT2D eigenvalue weighted by molar-refractivity contribution is 5.80. The van der Waals surface area contributed by atoms with Crippen LogP contribution in [-0.2, 0) is 16.1 Å². The van der Waals surface area contributed by atoms with E-state index in [1.54, 1.807) is 21.3 Å². The Morgan fingerprint density at radius 1 is 1.30 bits per heavy atom. The van der Waals surface area contributed by atoms with Gasteiger partial charge in [0.1, 0.15) is 5.75 Å². The van der Waals surface area contributed by atoms with Gasteiger partial charge in [-0.15, -0.1) is 0 Å². The number of likely N-dealkylation sites (N-methyl/N-ethyl adjacent to an activating group) is 1. The van der Waals surface area contributed by atoms with Crippen molar-refractivity contribution in [2.45, 2.75) is 32.5 Å². The molecule has 112 valence electrons. The molecular formula is C15H24N2O3. The van der Waals surface area contributed by atoms with Crippen molar-refractivity contribution in [3.05, 3.63) is 29.3 Å². The van der Waals surface area contributed by atoms with E-state index in [1.165, 1.54) is 0 Å². The molecule has 0 saturated heterocycles. The van der Waals surface area contributed by atoms with Gasteiger partial charge in [0.15, 0.2) is 0 Å². The number of nitrogens with one attached hydrogen (secondary N) is 2. The Kier molecular flexibility index (Phi) is 6.48. The van der Waals surface area contributed by atoms with E-state index < -0.39 is 0 Å². The van der Waals surface area contributed by atoms with E-state index >= 15 is 0 Å². The van der Waals surface area contributed by atoms with Crippen LogP contribution in [-0.4, -0.2) is 33.2 Å². The van der Waals surface area contributed by atoms with Gasteiger partial charge in [0, 0.05) is 25.8 Å². The Bertz CT molecular complexity index is 449. The van der Waals surface area contributed by atoms with Gasteiger partial charge in [-0.2, -0.15) is 0 Å². The fraction of sp³-hybridized carbons (Fsp3) is 0.533. The van der Waals surface area contributed by atoms with Crippen molar-refractivity contribution < 1.29 is 14.3 Å². The number of benzene rings is 1. The van der Waals surface area contributed by atoms with Crippen LogP contribution < -0.4 is 15.4 Å². The Balaban J connectivity index is 2.85. The molecular weight excluding hydrogens is 256 g/mol. The molecule has 0 saturated carbocycles. The predicted molar refractivity (Wildman–Crippen MR) is 78.8 cm³/mol. The van der Waals surface area contributed by atoms with Crippen LogP contribution in [0.2, 0.25) is 0 Å². The first kappa shape index (κ1) is 16.5. The zero-order valence-corrected chi connectivity index (χ0v) is 12.8. The SMILES string of the molecule is CNC(=O)C(C)NC(C)c1ccc(OC)c(COC)c1. The van der Waals surface area contributed by atoms with E-state index in [0.717, 1.165) is 16.9 Å². The van der Waals surface area contributed by atoms with Crippen molar-refractivity contribution in [2.24, 2.45) is 0 Å². The highest BCUT2D eigenvalue weighted by Crippen LogP contribution is 2.24. The first-order valence-corrected chi connectivity index (χ1v) is 6.66. The molecule has 0 fully saturated rings. The molecule has 5 heteroatoms. The largest absolute Gasteiger partial charge is 0.496 e. The third kappa shape index (κ3) is 4.21. The molecule has 2 unspecified atom stereocenters. The number of carbonyl (C=O) groups is 1. The lowest BCUT2D eigenvalue weighted by Crippen LogP contribution is -2.41. The van der Waals surface area contributed by atoms with Gasteiger partial charge in [-0.3, -0.25) is 10.1 Å². The van der Waals surface area contributed by atoms with Crippen molar-refractivity contribution in [3.63, 3.8) is 0 Å². The van der Waals surface area contributed by atoms with E-state index in [1.807, 2.05) is 32.0 Å². The number of amides is 1. The standard InChI is InChI=1S/C15H24N2O3/c1-10(17-11(2)15(18)16-3)12-6-7-14(20-5)13(8-12)9-19-4/h6-8,10-11,17H,9H2,1-5H3,(H,16,18). The highest BCUT2D eigenvalue weighted by atomic mass is 16.5. The summed E-state index contributed by atoms with van der Waals surface area (Å²) in [7, 11) is 4.93.